The van der Waals surface area contributed by atoms with E-state index in [1.165, 1.54) is 0 Å². The second-order valence-electron chi connectivity index (χ2n) is 4.48. The Labute approximate surface area is 113 Å². The van der Waals surface area contributed by atoms with Crippen LogP contribution in [0.1, 0.15) is 20.3 Å². The van der Waals surface area contributed by atoms with Gasteiger partial charge in [0.15, 0.2) is 0 Å². The lowest BCUT2D eigenvalue weighted by Crippen LogP contribution is -2.24. The highest BCUT2D eigenvalue weighted by Gasteiger charge is 2.09. The summed E-state index contributed by atoms with van der Waals surface area (Å²) in [7, 11) is 4.08. The van der Waals surface area contributed by atoms with E-state index >= 15 is 0 Å². The van der Waals surface area contributed by atoms with Gasteiger partial charge in [0.2, 0.25) is 11.9 Å². The van der Waals surface area contributed by atoms with Crippen molar-refractivity contribution < 1.29 is 4.74 Å². The molecular weight excluding hydrogens is 246 g/mol. The smallest absolute Gasteiger partial charge is 0.323 e. The molecule has 19 heavy (non-hydrogen) atoms. The van der Waals surface area contributed by atoms with Crippen molar-refractivity contribution in [1.29, 1.82) is 0 Å². The van der Waals surface area contributed by atoms with Gasteiger partial charge in [0.05, 0.1) is 6.61 Å². The third-order valence-corrected chi connectivity index (χ3v) is 2.40. The fourth-order valence-electron chi connectivity index (χ4n) is 1.42. The zero-order valence-electron chi connectivity index (χ0n) is 12.0. The van der Waals surface area contributed by atoms with Crippen molar-refractivity contribution >= 4 is 11.9 Å². The molecule has 0 aliphatic carbocycles. The summed E-state index contributed by atoms with van der Waals surface area (Å²) in [6, 6.07) is 0.498. The van der Waals surface area contributed by atoms with Gasteiger partial charge in [0.1, 0.15) is 0 Å². The first kappa shape index (κ1) is 15.4. The highest BCUT2D eigenvalue weighted by molar-refractivity contribution is 5.35. The summed E-state index contributed by atoms with van der Waals surface area (Å²) in [6.07, 6.45) is 0.980. The van der Waals surface area contributed by atoms with E-state index in [1.54, 1.807) is 0 Å². The third-order valence-electron chi connectivity index (χ3n) is 2.40. The van der Waals surface area contributed by atoms with Gasteiger partial charge in [-0.05, 0) is 40.9 Å². The summed E-state index contributed by atoms with van der Waals surface area (Å²) in [4.78, 5) is 14.4. The Hall–Kier alpha value is -1.67. The third kappa shape index (κ3) is 5.66. The van der Waals surface area contributed by atoms with E-state index in [1.807, 2.05) is 21.0 Å². The number of hydrogen-bond donors (Lipinski definition) is 3. The average Bonchev–Trinajstić information content (AvgIpc) is 2.36. The second-order valence-corrected chi connectivity index (χ2v) is 4.48. The lowest BCUT2D eigenvalue weighted by atomic mass is 10.2. The first-order valence-corrected chi connectivity index (χ1v) is 6.32. The SMILES string of the molecule is CCOc1nc(NN)nc(NC(C)CCN(C)C)n1. The molecule has 0 aliphatic rings. The molecule has 1 atom stereocenters. The highest BCUT2D eigenvalue weighted by Crippen LogP contribution is 2.12. The molecule has 0 aliphatic heterocycles. The molecule has 1 heterocycles. The van der Waals surface area contributed by atoms with Crippen molar-refractivity contribution in [1.82, 2.24) is 19.9 Å². The Morgan fingerprint density at radius 3 is 2.53 bits per heavy atom. The highest BCUT2D eigenvalue weighted by atomic mass is 16.5. The minimum absolute atomic E-state index is 0.241. The summed E-state index contributed by atoms with van der Waals surface area (Å²) >= 11 is 0. The van der Waals surface area contributed by atoms with E-state index in [0.29, 0.717) is 12.6 Å². The number of nitrogen functional groups attached to an aromatic ring is 1. The molecule has 0 aromatic carbocycles. The molecule has 1 rings (SSSR count). The number of nitrogens with two attached hydrogens (primary N) is 1. The van der Waals surface area contributed by atoms with E-state index in [4.69, 9.17) is 10.6 Å². The van der Waals surface area contributed by atoms with Gasteiger partial charge in [-0.2, -0.15) is 15.0 Å². The van der Waals surface area contributed by atoms with E-state index in [9.17, 15) is 0 Å². The standard InChI is InChI=1S/C11H23N7O/c1-5-19-11-15-9(14-10(16-11)17-12)13-8(2)6-7-18(3)4/h8H,5-7,12H2,1-4H3,(H2,13,14,15,16,17). The van der Waals surface area contributed by atoms with Crippen LogP contribution in [0.3, 0.4) is 0 Å². The van der Waals surface area contributed by atoms with Crippen LogP contribution in [0.25, 0.3) is 0 Å². The molecule has 1 aromatic rings. The zero-order valence-corrected chi connectivity index (χ0v) is 12.0. The Morgan fingerprint density at radius 2 is 1.95 bits per heavy atom. The predicted molar refractivity (Wildman–Crippen MR) is 75.1 cm³/mol. The lowest BCUT2D eigenvalue weighted by Gasteiger charge is -2.17. The van der Waals surface area contributed by atoms with Crippen LogP contribution in [0.15, 0.2) is 0 Å². The molecule has 0 amide bonds. The molecule has 0 radical (unpaired) electrons. The number of hydrogen-bond acceptors (Lipinski definition) is 8. The van der Waals surface area contributed by atoms with Crippen molar-refractivity contribution in [3.8, 4) is 6.01 Å². The maximum atomic E-state index is 5.32. The molecule has 1 aromatic heterocycles. The fourth-order valence-corrected chi connectivity index (χ4v) is 1.42. The number of nitrogens with zero attached hydrogens (tertiary/aromatic N) is 4. The summed E-state index contributed by atoms with van der Waals surface area (Å²) in [6.45, 7) is 5.42. The number of aromatic nitrogens is 3. The van der Waals surface area contributed by atoms with Gasteiger partial charge in [0.25, 0.3) is 0 Å². The normalized spacial score (nSPS) is 12.3. The predicted octanol–water partition coefficient (Wildman–Crippen LogP) is 0.308. The van der Waals surface area contributed by atoms with Gasteiger partial charge in [-0.15, -0.1) is 0 Å². The molecular formula is C11H23N7O. The number of rotatable bonds is 8. The quantitative estimate of drug-likeness (QED) is 0.458. The van der Waals surface area contributed by atoms with Crippen LogP contribution in [0.5, 0.6) is 6.01 Å². The summed E-state index contributed by atoms with van der Waals surface area (Å²) in [5.74, 6) is 6.05. The summed E-state index contributed by atoms with van der Waals surface area (Å²) < 4.78 is 5.26. The topological polar surface area (TPSA) is 101 Å². The van der Waals surface area contributed by atoms with Crippen LogP contribution in [0.2, 0.25) is 0 Å². The Kier molecular flexibility index (Phi) is 6.23. The van der Waals surface area contributed by atoms with Crippen LogP contribution in [-0.4, -0.2) is 53.1 Å². The van der Waals surface area contributed by atoms with Gasteiger partial charge < -0.3 is 15.0 Å². The van der Waals surface area contributed by atoms with Crippen molar-refractivity contribution in [3.05, 3.63) is 0 Å². The van der Waals surface area contributed by atoms with Crippen molar-refractivity contribution in [2.45, 2.75) is 26.3 Å². The van der Waals surface area contributed by atoms with Crippen molar-refractivity contribution in [2.75, 3.05) is 38.0 Å². The van der Waals surface area contributed by atoms with Gasteiger partial charge in [-0.25, -0.2) is 5.84 Å². The molecule has 4 N–H and O–H groups in total. The first-order valence-electron chi connectivity index (χ1n) is 6.32. The largest absolute Gasteiger partial charge is 0.464 e. The molecule has 8 nitrogen and oxygen atoms in total. The minimum atomic E-state index is 0.241. The van der Waals surface area contributed by atoms with Crippen LogP contribution >= 0.6 is 0 Å². The van der Waals surface area contributed by atoms with Crippen molar-refractivity contribution in [3.63, 3.8) is 0 Å². The van der Waals surface area contributed by atoms with E-state index < -0.39 is 0 Å². The molecule has 0 spiro atoms. The molecule has 0 saturated carbocycles. The Morgan fingerprint density at radius 1 is 1.26 bits per heavy atom. The van der Waals surface area contributed by atoms with E-state index in [0.717, 1.165) is 13.0 Å². The number of nitrogens with one attached hydrogen (secondary N) is 2. The van der Waals surface area contributed by atoms with E-state index in [-0.39, 0.29) is 18.0 Å². The number of hydrazine groups is 1. The Bertz CT molecular complexity index is 385. The summed E-state index contributed by atoms with van der Waals surface area (Å²) in [5.41, 5.74) is 2.40. The summed E-state index contributed by atoms with van der Waals surface area (Å²) in [5, 5.41) is 3.21. The minimum Gasteiger partial charge on any atom is -0.464 e. The van der Waals surface area contributed by atoms with Crippen LogP contribution in [0, 0.1) is 0 Å². The lowest BCUT2D eigenvalue weighted by molar-refractivity contribution is 0.312. The van der Waals surface area contributed by atoms with Crippen LogP contribution in [-0.2, 0) is 0 Å². The maximum absolute atomic E-state index is 5.32. The number of ether oxygens (including phenoxy) is 1. The molecule has 1 unspecified atom stereocenters. The van der Waals surface area contributed by atoms with E-state index in [2.05, 4.69) is 37.5 Å². The second kappa shape index (κ2) is 7.70. The Balaban J connectivity index is 2.67. The van der Waals surface area contributed by atoms with Gasteiger partial charge in [-0.3, -0.25) is 5.43 Å². The van der Waals surface area contributed by atoms with Crippen LogP contribution in [0.4, 0.5) is 11.9 Å². The molecule has 8 heteroatoms. The zero-order chi connectivity index (χ0) is 14.3. The molecule has 0 saturated heterocycles. The molecule has 0 bridgehead atoms. The number of anilines is 2. The van der Waals surface area contributed by atoms with Crippen LogP contribution < -0.4 is 21.3 Å². The molecule has 108 valence electrons. The molecule has 0 fully saturated rings. The van der Waals surface area contributed by atoms with Gasteiger partial charge in [0, 0.05) is 6.04 Å². The maximum Gasteiger partial charge on any atom is 0.323 e. The first-order chi connectivity index (χ1) is 9.05. The van der Waals surface area contributed by atoms with Crippen molar-refractivity contribution in [2.24, 2.45) is 5.84 Å². The van der Waals surface area contributed by atoms with Gasteiger partial charge in [-0.1, -0.05) is 0 Å². The average molecular weight is 269 g/mol. The monoisotopic (exact) mass is 269 g/mol. The van der Waals surface area contributed by atoms with Gasteiger partial charge >= 0.3 is 6.01 Å². The fraction of sp³-hybridized carbons (Fsp3) is 0.727.